The van der Waals surface area contributed by atoms with Crippen molar-refractivity contribution in [3.05, 3.63) is 50.7 Å². The van der Waals surface area contributed by atoms with Gasteiger partial charge in [0.25, 0.3) is 5.91 Å². The fourth-order valence-electron chi connectivity index (χ4n) is 4.10. The Labute approximate surface area is 192 Å². The maximum atomic E-state index is 13.6. The molecule has 1 aromatic heterocycles. The minimum Gasteiger partial charge on any atom is -0.322 e. The van der Waals surface area contributed by atoms with E-state index in [0.717, 1.165) is 74.8 Å². The highest BCUT2D eigenvalue weighted by Gasteiger charge is 2.31. The summed E-state index contributed by atoms with van der Waals surface area (Å²) in [5.74, 6) is -0.344. The van der Waals surface area contributed by atoms with Crippen LogP contribution >= 0.6 is 11.3 Å². The molecule has 0 radical (unpaired) electrons. The van der Waals surface area contributed by atoms with Gasteiger partial charge in [0.05, 0.1) is 11.1 Å². The zero-order chi connectivity index (χ0) is 23.1. The van der Waals surface area contributed by atoms with Crippen LogP contribution in [0, 0.1) is 0 Å². The first kappa shape index (κ1) is 24.7. The third kappa shape index (κ3) is 6.56. The van der Waals surface area contributed by atoms with Gasteiger partial charge >= 0.3 is 6.18 Å². The van der Waals surface area contributed by atoms with Gasteiger partial charge in [0.2, 0.25) is 0 Å². The predicted molar refractivity (Wildman–Crippen MR) is 124 cm³/mol. The zero-order valence-corrected chi connectivity index (χ0v) is 19.6. The Morgan fingerprint density at radius 2 is 1.97 bits per heavy atom. The standard InChI is InChI=1S/C24H32F3N3OS/c1-3-5-6-10-30(9-4-2)15-17-11-18(24(25,26)27)13-19(12-17)29-23(31)21-16-32-22-14-28-8-7-20(21)22/h11-13,16,28H,3-10,14-15H2,1-2H3,(H,29,31). The van der Waals surface area contributed by atoms with E-state index in [9.17, 15) is 18.0 Å². The molecule has 8 heteroatoms. The monoisotopic (exact) mass is 467 g/mol. The number of thiophene rings is 1. The lowest BCUT2D eigenvalue weighted by atomic mass is 10.0. The van der Waals surface area contributed by atoms with Gasteiger partial charge in [-0.2, -0.15) is 13.2 Å². The molecule has 0 saturated carbocycles. The van der Waals surface area contributed by atoms with Crippen LogP contribution in [0.15, 0.2) is 23.6 Å². The summed E-state index contributed by atoms with van der Waals surface area (Å²) in [7, 11) is 0. The van der Waals surface area contributed by atoms with E-state index in [4.69, 9.17) is 0 Å². The van der Waals surface area contributed by atoms with Crippen molar-refractivity contribution in [1.82, 2.24) is 10.2 Å². The number of rotatable bonds is 10. The van der Waals surface area contributed by atoms with Gasteiger partial charge in [-0.05, 0) is 68.2 Å². The number of amides is 1. The van der Waals surface area contributed by atoms with Crippen LogP contribution in [0.5, 0.6) is 0 Å². The zero-order valence-electron chi connectivity index (χ0n) is 18.8. The lowest BCUT2D eigenvalue weighted by Gasteiger charge is -2.23. The number of unbranched alkanes of at least 4 members (excludes halogenated alkanes) is 2. The maximum Gasteiger partial charge on any atom is 0.416 e. The van der Waals surface area contributed by atoms with E-state index < -0.39 is 11.7 Å². The van der Waals surface area contributed by atoms with E-state index in [1.165, 1.54) is 17.4 Å². The smallest absolute Gasteiger partial charge is 0.322 e. The van der Waals surface area contributed by atoms with Crippen molar-refractivity contribution in [1.29, 1.82) is 0 Å². The van der Waals surface area contributed by atoms with Gasteiger partial charge < -0.3 is 10.6 Å². The number of nitrogens with zero attached hydrogens (tertiary/aromatic N) is 1. The number of anilines is 1. The number of halogens is 3. The number of benzene rings is 1. The summed E-state index contributed by atoms with van der Waals surface area (Å²) in [5, 5.41) is 7.81. The summed E-state index contributed by atoms with van der Waals surface area (Å²) in [5.41, 5.74) is 1.60. The average Bonchev–Trinajstić information content (AvgIpc) is 3.17. The second kappa shape index (κ2) is 11.3. The fraction of sp³-hybridized carbons (Fsp3) is 0.542. The molecule has 4 nitrogen and oxygen atoms in total. The molecule has 0 unspecified atom stereocenters. The van der Waals surface area contributed by atoms with Crippen molar-refractivity contribution in [3.63, 3.8) is 0 Å². The van der Waals surface area contributed by atoms with Crippen LogP contribution in [0.25, 0.3) is 0 Å². The van der Waals surface area contributed by atoms with Crippen LogP contribution < -0.4 is 10.6 Å². The summed E-state index contributed by atoms with van der Waals surface area (Å²) in [4.78, 5) is 16.2. The second-order valence-electron chi connectivity index (χ2n) is 8.33. The van der Waals surface area contributed by atoms with Crippen LogP contribution in [0.3, 0.4) is 0 Å². The van der Waals surface area contributed by atoms with E-state index >= 15 is 0 Å². The summed E-state index contributed by atoms with van der Waals surface area (Å²) in [6.07, 6.45) is 0.441. The Kier molecular flexibility index (Phi) is 8.73. The van der Waals surface area contributed by atoms with Gasteiger partial charge in [-0.3, -0.25) is 9.69 Å². The molecule has 0 fully saturated rings. The fourth-order valence-corrected chi connectivity index (χ4v) is 5.15. The molecular formula is C24H32F3N3OS. The normalized spacial score (nSPS) is 13.9. The van der Waals surface area contributed by atoms with E-state index in [0.29, 0.717) is 17.7 Å². The van der Waals surface area contributed by atoms with Crippen molar-refractivity contribution < 1.29 is 18.0 Å². The number of alkyl halides is 3. The Balaban J connectivity index is 1.82. The molecule has 0 spiro atoms. The Hall–Kier alpha value is -1.90. The molecule has 0 saturated heterocycles. The summed E-state index contributed by atoms with van der Waals surface area (Å²) >= 11 is 1.51. The Bertz CT molecular complexity index is 910. The minimum atomic E-state index is -4.47. The van der Waals surface area contributed by atoms with Crippen LogP contribution in [0.2, 0.25) is 0 Å². The van der Waals surface area contributed by atoms with Crippen molar-refractivity contribution in [3.8, 4) is 0 Å². The van der Waals surface area contributed by atoms with Crippen LogP contribution in [0.4, 0.5) is 18.9 Å². The third-order valence-electron chi connectivity index (χ3n) is 5.66. The molecule has 2 heterocycles. The first-order valence-corrected chi connectivity index (χ1v) is 12.2. The molecule has 2 aromatic rings. The quantitative estimate of drug-likeness (QED) is 0.417. The molecule has 1 amide bonds. The molecule has 3 rings (SSSR count). The minimum absolute atomic E-state index is 0.193. The molecule has 0 atom stereocenters. The van der Waals surface area contributed by atoms with E-state index in [-0.39, 0.29) is 11.6 Å². The Morgan fingerprint density at radius 1 is 1.16 bits per heavy atom. The first-order chi connectivity index (χ1) is 15.3. The number of fused-ring (bicyclic) bond motifs is 1. The van der Waals surface area contributed by atoms with Gasteiger partial charge in [-0.25, -0.2) is 0 Å². The first-order valence-electron chi connectivity index (χ1n) is 11.4. The molecule has 176 valence electrons. The van der Waals surface area contributed by atoms with Gasteiger partial charge in [0.15, 0.2) is 0 Å². The van der Waals surface area contributed by atoms with E-state index in [2.05, 4.69) is 29.4 Å². The lowest BCUT2D eigenvalue weighted by Crippen LogP contribution is -2.26. The molecular weight excluding hydrogens is 435 g/mol. The van der Waals surface area contributed by atoms with Gasteiger partial charge in [0.1, 0.15) is 0 Å². The highest BCUT2D eigenvalue weighted by Crippen LogP contribution is 2.33. The molecule has 0 bridgehead atoms. The maximum absolute atomic E-state index is 13.6. The van der Waals surface area contributed by atoms with Crippen LogP contribution in [0.1, 0.15) is 71.5 Å². The van der Waals surface area contributed by atoms with Crippen molar-refractivity contribution >= 4 is 22.9 Å². The topological polar surface area (TPSA) is 44.4 Å². The number of carbonyl (C=O) groups is 1. The van der Waals surface area contributed by atoms with E-state index in [1.54, 1.807) is 11.4 Å². The van der Waals surface area contributed by atoms with Crippen molar-refractivity contribution in [2.24, 2.45) is 0 Å². The van der Waals surface area contributed by atoms with Crippen molar-refractivity contribution in [2.75, 3.05) is 25.0 Å². The summed E-state index contributed by atoms with van der Waals surface area (Å²) < 4.78 is 40.8. The molecule has 32 heavy (non-hydrogen) atoms. The molecule has 2 N–H and O–H groups in total. The van der Waals surface area contributed by atoms with Crippen LogP contribution in [-0.4, -0.2) is 30.4 Å². The molecule has 1 aliphatic heterocycles. The van der Waals surface area contributed by atoms with Gasteiger partial charge in [0, 0.05) is 29.0 Å². The summed E-state index contributed by atoms with van der Waals surface area (Å²) in [6.45, 7) is 7.85. The number of hydrogen-bond donors (Lipinski definition) is 2. The van der Waals surface area contributed by atoms with Crippen LogP contribution in [-0.2, 0) is 25.7 Å². The van der Waals surface area contributed by atoms with Gasteiger partial charge in [-0.1, -0.05) is 26.7 Å². The molecule has 1 aromatic carbocycles. The number of nitrogens with one attached hydrogen (secondary N) is 2. The molecule has 0 aliphatic carbocycles. The van der Waals surface area contributed by atoms with E-state index in [1.807, 2.05) is 0 Å². The largest absolute Gasteiger partial charge is 0.416 e. The van der Waals surface area contributed by atoms with Crippen molar-refractivity contribution in [2.45, 2.75) is 65.2 Å². The highest BCUT2D eigenvalue weighted by molar-refractivity contribution is 7.10. The predicted octanol–water partition coefficient (Wildman–Crippen LogP) is 6.07. The molecule has 1 aliphatic rings. The lowest BCUT2D eigenvalue weighted by molar-refractivity contribution is -0.137. The average molecular weight is 468 g/mol. The summed E-state index contributed by atoms with van der Waals surface area (Å²) in [6, 6.07) is 3.91. The SMILES string of the molecule is CCCCCN(CCC)Cc1cc(NC(=O)c2csc3c2CCNC3)cc(C(F)(F)F)c1. The van der Waals surface area contributed by atoms with Gasteiger partial charge in [-0.15, -0.1) is 11.3 Å². The second-order valence-corrected chi connectivity index (χ2v) is 9.30. The number of carbonyl (C=O) groups excluding carboxylic acids is 1. The Morgan fingerprint density at radius 3 is 2.69 bits per heavy atom. The number of hydrogen-bond acceptors (Lipinski definition) is 4. The third-order valence-corrected chi connectivity index (χ3v) is 6.69. The highest BCUT2D eigenvalue weighted by atomic mass is 32.1.